The topological polar surface area (TPSA) is 52.6 Å². The Bertz CT molecular complexity index is 324. The summed E-state index contributed by atoms with van der Waals surface area (Å²) < 4.78 is 0. The fraction of sp³-hybridized carbons (Fsp3) is 0.818. The minimum Gasteiger partial charge on any atom is -0.319 e. The van der Waals surface area contributed by atoms with E-state index in [1.807, 2.05) is 6.92 Å². The van der Waals surface area contributed by atoms with Crippen molar-refractivity contribution in [3.05, 3.63) is 0 Å². The number of amides is 3. The summed E-state index contributed by atoms with van der Waals surface area (Å²) in [6.45, 7) is 4.75. The second-order valence-electron chi connectivity index (χ2n) is 4.78. The molecule has 0 aliphatic carbocycles. The number of halogens is 1. The van der Waals surface area contributed by atoms with Crippen molar-refractivity contribution >= 4 is 23.5 Å². The molecule has 0 radical (unpaired) electrons. The molecular weight excluding hydrogens is 242 g/mol. The number of alkyl halides is 1. The molecular formula is C11H18ClN3O2. The van der Waals surface area contributed by atoms with Crippen molar-refractivity contribution in [3.8, 4) is 0 Å². The Kier molecular flexibility index (Phi) is 3.89. The predicted molar refractivity (Wildman–Crippen MR) is 65.0 cm³/mol. The van der Waals surface area contributed by atoms with Crippen LogP contribution in [0.5, 0.6) is 0 Å². The van der Waals surface area contributed by atoms with Gasteiger partial charge in [-0.05, 0) is 26.3 Å². The highest BCUT2D eigenvalue weighted by atomic mass is 35.5. The van der Waals surface area contributed by atoms with E-state index in [2.05, 4.69) is 10.2 Å². The fourth-order valence-electron chi connectivity index (χ4n) is 2.69. The number of nitrogens with one attached hydrogen (secondary N) is 1. The van der Waals surface area contributed by atoms with Gasteiger partial charge in [0, 0.05) is 25.2 Å². The average Bonchev–Trinajstić information content (AvgIpc) is 2.74. The normalized spacial score (nSPS) is 28.9. The zero-order valence-corrected chi connectivity index (χ0v) is 10.7. The zero-order chi connectivity index (χ0) is 12.4. The summed E-state index contributed by atoms with van der Waals surface area (Å²) in [6, 6.07) is 0.297. The molecule has 2 fully saturated rings. The highest BCUT2D eigenvalue weighted by Crippen LogP contribution is 2.24. The summed E-state index contributed by atoms with van der Waals surface area (Å²) in [5.74, 6) is -0.610. The van der Waals surface area contributed by atoms with Crippen LogP contribution in [0.4, 0.5) is 4.79 Å². The lowest BCUT2D eigenvalue weighted by molar-refractivity contribution is -0.117. The molecule has 2 heterocycles. The summed E-state index contributed by atoms with van der Waals surface area (Å²) in [5.41, 5.74) is 0. The van der Waals surface area contributed by atoms with Crippen molar-refractivity contribution in [1.29, 1.82) is 0 Å². The first-order valence-electron chi connectivity index (χ1n) is 6.02. The molecule has 2 atom stereocenters. The van der Waals surface area contributed by atoms with Crippen LogP contribution in [0.15, 0.2) is 0 Å². The molecule has 2 rings (SSSR count). The number of imide groups is 1. The van der Waals surface area contributed by atoms with E-state index in [1.165, 1.54) is 6.42 Å². The van der Waals surface area contributed by atoms with Gasteiger partial charge in [-0.15, -0.1) is 11.6 Å². The number of nitrogens with zero attached hydrogens (tertiary/aromatic N) is 2. The van der Waals surface area contributed by atoms with Crippen LogP contribution in [0.3, 0.4) is 0 Å². The van der Waals surface area contributed by atoms with Gasteiger partial charge in [-0.2, -0.15) is 0 Å². The second kappa shape index (κ2) is 5.23. The Morgan fingerprint density at radius 3 is 2.88 bits per heavy atom. The van der Waals surface area contributed by atoms with Crippen LogP contribution in [-0.2, 0) is 4.79 Å². The Morgan fingerprint density at radius 1 is 1.41 bits per heavy atom. The van der Waals surface area contributed by atoms with Gasteiger partial charge in [0.05, 0.1) is 0 Å². The molecule has 0 aromatic carbocycles. The minimum atomic E-state index is -0.433. The summed E-state index contributed by atoms with van der Waals surface area (Å²) >= 11 is 5.37. The fourth-order valence-corrected chi connectivity index (χ4v) is 2.76. The third-order valence-corrected chi connectivity index (χ3v) is 3.81. The van der Waals surface area contributed by atoms with E-state index in [4.69, 9.17) is 11.6 Å². The molecule has 17 heavy (non-hydrogen) atoms. The van der Waals surface area contributed by atoms with Crippen LogP contribution in [0.25, 0.3) is 0 Å². The van der Waals surface area contributed by atoms with Gasteiger partial charge in [0.1, 0.15) is 5.88 Å². The third kappa shape index (κ3) is 2.72. The minimum absolute atomic E-state index is 0.146. The maximum Gasteiger partial charge on any atom is 0.324 e. The van der Waals surface area contributed by atoms with Gasteiger partial charge in [0.25, 0.3) is 0 Å². The summed E-state index contributed by atoms with van der Waals surface area (Å²) in [4.78, 5) is 27.2. The van der Waals surface area contributed by atoms with E-state index in [0.717, 1.165) is 19.5 Å². The van der Waals surface area contributed by atoms with Crippen molar-refractivity contribution < 1.29 is 9.59 Å². The highest BCUT2D eigenvalue weighted by Gasteiger charge is 2.36. The molecule has 3 amide bonds. The maximum atomic E-state index is 11.9. The standard InChI is InChI=1S/C11H18ClN3O2/c1-8-6-14-4-2-3-9(14)7-15(8)11(17)13-10(16)5-12/h8-9H,2-7H2,1H3,(H,13,16,17). The first-order valence-corrected chi connectivity index (χ1v) is 6.55. The first kappa shape index (κ1) is 12.6. The van der Waals surface area contributed by atoms with Crippen LogP contribution in [0.1, 0.15) is 19.8 Å². The van der Waals surface area contributed by atoms with Gasteiger partial charge in [-0.25, -0.2) is 4.79 Å². The number of piperazine rings is 1. The van der Waals surface area contributed by atoms with Crippen molar-refractivity contribution in [2.24, 2.45) is 0 Å². The largest absolute Gasteiger partial charge is 0.324 e. The van der Waals surface area contributed by atoms with Crippen LogP contribution in [-0.4, -0.2) is 59.3 Å². The zero-order valence-electron chi connectivity index (χ0n) is 9.99. The van der Waals surface area contributed by atoms with Gasteiger partial charge in [0.2, 0.25) is 5.91 Å². The van der Waals surface area contributed by atoms with Crippen molar-refractivity contribution in [2.75, 3.05) is 25.5 Å². The van der Waals surface area contributed by atoms with E-state index in [-0.39, 0.29) is 18.0 Å². The summed E-state index contributed by atoms with van der Waals surface area (Å²) in [5, 5.41) is 2.31. The van der Waals surface area contributed by atoms with Gasteiger partial charge >= 0.3 is 6.03 Å². The summed E-state index contributed by atoms with van der Waals surface area (Å²) in [6.07, 6.45) is 2.34. The number of rotatable bonds is 1. The smallest absolute Gasteiger partial charge is 0.319 e. The second-order valence-corrected chi connectivity index (χ2v) is 5.05. The van der Waals surface area contributed by atoms with Gasteiger partial charge in [-0.3, -0.25) is 15.0 Å². The van der Waals surface area contributed by atoms with Crippen LogP contribution >= 0.6 is 11.6 Å². The Hall–Kier alpha value is -0.810. The number of fused-ring (bicyclic) bond motifs is 1. The molecule has 5 nitrogen and oxygen atoms in total. The average molecular weight is 260 g/mol. The molecule has 96 valence electrons. The number of carbonyl (C=O) groups excluding carboxylic acids is 2. The molecule has 1 N–H and O–H groups in total. The van der Waals surface area contributed by atoms with Crippen molar-refractivity contribution in [1.82, 2.24) is 15.1 Å². The number of hydrogen-bond acceptors (Lipinski definition) is 3. The molecule has 0 bridgehead atoms. The van der Waals surface area contributed by atoms with E-state index < -0.39 is 5.91 Å². The van der Waals surface area contributed by atoms with E-state index in [9.17, 15) is 9.59 Å². The SMILES string of the molecule is CC1CN2CCCC2CN1C(=O)NC(=O)CCl. The summed E-state index contributed by atoms with van der Waals surface area (Å²) in [7, 11) is 0. The van der Waals surface area contributed by atoms with Crippen LogP contribution in [0.2, 0.25) is 0 Å². The Labute approximate surface area is 106 Å². The molecule has 0 aromatic heterocycles. The predicted octanol–water partition coefficient (Wildman–Crippen LogP) is 0.630. The van der Waals surface area contributed by atoms with Gasteiger partial charge < -0.3 is 4.90 Å². The van der Waals surface area contributed by atoms with Gasteiger partial charge in [0.15, 0.2) is 0 Å². The molecule has 2 aliphatic heterocycles. The molecule has 0 saturated carbocycles. The van der Waals surface area contributed by atoms with Crippen LogP contribution < -0.4 is 5.32 Å². The van der Waals surface area contributed by atoms with E-state index in [1.54, 1.807) is 4.90 Å². The Morgan fingerprint density at radius 2 is 2.18 bits per heavy atom. The Balaban J connectivity index is 1.95. The quantitative estimate of drug-likeness (QED) is 0.703. The first-order chi connectivity index (χ1) is 8.11. The third-order valence-electron chi connectivity index (χ3n) is 3.57. The molecule has 2 unspecified atom stereocenters. The number of hydrogen-bond donors (Lipinski definition) is 1. The number of urea groups is 1. The molecule has 0 spiro atoms. The lowest BCUT2D eigenvalue weighted by Gasteiger charge is -2.41. The van der Waals surface area contributed by atoms with E-state index >= 15 is 0 Å². The molecule has 6 heteroatoms. The number of carbonyl (C=O) groups is 2. The molecule has 2 aliphatic rings. The van der Waals surface area contributed by atoms with Crippen molar-refractivity contribution in [3.63, 3.8) is 0 Å². The van der Waals surface area contributed by atoms with E-state index in [0.29, 0.717) is 12.6 Å². The van der Waals surface area contributed by atoms with Crippen molar-refractivity contribution in [2.45, 2.75) is 31.8 Å². The highest BCUT2D eigenvalue weighted by molar-refractivity contribution is 6.28. The van der Waals surface area contributed by atoms with Crippen LogP contribution in [0, 0.1) is 0 Å². The molecule has 0 aromatic rings. The lowest BCUT2D eigenvalue weighted by Crippen LogP contribution is -2.59. The maximum absolute atomic E-state index is 11.9. The molecule has 2 saturated heterocycles. The lowest BCUT2D eigenvalue weighted by atomic mass is 10.1. The monoisotopic (exact) mass is 259 g/mol. The van der Waals surface area contributed by atoms with Gasteiger partial charge in [-0.1, -0.05) is 0 Å².